The third-order valence-electron chi connectivity index (χ3n) is 4.47. The fourth-order valence-corrected chi connectivity index (χ4v) is 3.24. The second-order valence-electron chi connectivity index (χ2n) is 5.89. The van der Waals surface area contributed by atoms with E-state index in [4.69, 9.17) is 9.47 Å². The summed E-state index contributed by atoms with van der Waals surface area (Å²) in [5, 5.41) is 0. The van der Waals surface area contributed by atoms with Crippen molar-refractivity contribution in [2.75, 3.05) is 20.8 Å². The summed E-state index contributed by atoms with van der Waals surface area (Å²) in [5.41, 5.74) is 0.574. The van der Waals surface area contributed by atoms with Gasteiger partial charge in [-0.25, -0.2) is 8.78 Å². The Bertz CT molecular complexity index is 794. The molecule has 1 aliphatic heterocycles. The largest absolute Gasteiger partial charge is 0.497 e. The standard InChI is InChI=1S/C19H19F2NO3/c1-24-13-6-7-14(18(11-13)25-2)17-4-3-9-22(17)19(23)15-10-12(20)5-8-16(15)21/h5-8,10-11,17H,3-4,9H2,1-2H3. The minimum atomic E-state index is -0.723. The van der Waals surface area contributed by atoms with Gasteiger partial charge in [0.1, 0.15) is 23.1 Å². The molecule has 4 nitrogen and oxygen atoms in total. The van der Waals surface area contributed by atoms with E-state index < -0.39 is 17.5 Å². The highest BCUT2D eigenvalue weighted by molar-refractivity contribution is 5.95. The zero-order valence-electron chi connectivity index (χ0n) is 14.1. The van der Waals surface area contributed by atoms with E-state index in [2.05, 4.69) is 0 Å². The first kappa shape index (κ1) is 17.2. The van der Waals surface area contributed by atoms with E-state index >= 15 is 0 Å². The van der Waals surface area contributed by atoms with Gasteiger partial charge in [0.05, 0.1) is 25.8 Å². The van der Waals surface area contributed by atoms with Gasteiger partial charge in [0.2, 0.25) is 0 Å². The molecule has 1 aliphatic rings. The van der Waals surface area contributed by atoms with Crippen LogP contribution in [0.2, 0.25) is 0 Å². The predicted octanol–water partition coefficient (Wildman–Crippen LogP) is 3.96. The molecule has 1 fully saturated rings. The number of carbonyl (C=O) groups is 1. The molecule has 1 atom stereocenters. The molecule has 0 bridgehead atoms. The Morgan fingerprint density at radius 1 is 1.12 bits per heavy atom. The molecule has 0 aromatic heterocycles. The molecule has 2 aromatic rings. The molecule has 25 heavy (non-hydrogen) atoms. The first-order valence-corrected chi connectivity index (χ1v) is 8.03. The van der Waals surface area contributed by atoms with Gasteiger partial charge in [0.25, 0.3) is 5.91 Å². The van der Waals surface area contributed by atoms with Crippen LogP contribution in [0.1, 0.15) is 34.8 Å². The fraction of sp³-hybridized carbons (Fsp3) is 0.316. The molecule has 3 rings (SSSR count). The molecule has 1 unspecified atom stereocenters. The first-order chi connectivity index (χ1) is 12.0. The Balaban J connectivity index is 1.95. The van der Waals surface area contributed by atoms with Crippen LogP contribution in [0.5, 0.6) is 11.5 Å². The lowest BCUT2D eigenvalue weighted by molar-refractivity contribution is 0.0729. The van der Waals surface area contributed by atoms with E-state index in [1.165, 1.54) is 0 Å². The quantitative estimate of drug-likeness (QED) is 0.840. The molecule has 0 N–H and O–H groups in total. The molecule has 0 spiro atoms. The van der Waals surface area contributed by atoms with Gasteiger partial charge in [-0.1, -0.05) is 0 Å². The molecule has 0 saturated carbocycles. The lowest BCUT2D eigenvalue weighted by Gasteiger charge is -2.27. The van der Waals surface area contributed by atoms with Gasteiger partial charge in [-0.3, -0.25) is 4.79 Å². The second-order valence-corrected chi connectivity index (χ2v) is 5.89. The van der Waals surface area contributed by atoms with Gasteiger partial charge in [-0.15, -0.1) is 0 Å². The van der Waals surface area contributed by atoms with Crippen LogP contribution in [-0.4, -0.2) is 31.6 Å². The third kappa shape index (κ3) is 3.29. The average molecular weight is 347 g/mol. The first-order valence-electron chi connectivity index (χ1n) is 8.03. The molecule has 1 heterocycles. The predicted molar refractivity (Wildman–Crippen MR) is 88.9 cm³/mol. The van der Waals surface area contributed by atoms with Gasteiger partial charge in [0.15, 0.2) is 0 Å². The monoisotopic (exact) mass is 347 g/mol. The molecule has 0 radical (unpaired) electrons. The highest BCUT2D eigenvalue weighted by Gasteiger charge is 2.33. The van der Waals surface area contributed by atoms with E-state index in [-0.39, 0.29) is 11.6 Å². The van der Waals surface area contributed by atoms with Crippen LogP contribution in [0.3, 0.4) is 0 Å². The molecule has 6 heteroatoms. The zero-order chi connectivity index (χ0) is 18.0. The summed E-state index contributed by atoms with van der Waals surface area (Å²) < 4.78 is 38.1. The summed E-state index contributed by atoms with van der Waals surface area (Å²) in [6.07, 6.45) is 1.51. The van der Waals surface area contributed by atoms with Crippen molar-refractivity contribution >= 4 is 5.91 Å². The Morgan fingerprint density at radius 2 is 1.92 bits per heavy atom. The summed E-state index contributed by atoms with van der Waals surface area (Å²) in [6, 6.07) is 8.05. The molecule has 2 aromatic carbocycles. The normalized spacial score (nSPS) is 16.8. The van der Waals surface area contributed by atoms with Crippen molar-refractivity contribution in [3.63, 3.8) is 0 Å². The van der Waals surface area contributed by atoms with E-state index in [1.54, 1.807) is 31.3 Å². The van der Waals surface area contributed by atoms with Crippen LogP contribution in [0.15, 0.2) is 36.4 Å². The van der Waals surface area contributed by atoms with Gasteiger partial charge in [-0.05, 0) is 43.2 Å². The number of methoxy groups -OCH3 is 2. The Kier molecular flexibility index (Phi) is 4.88. The maximum Gasteiger partial charge on any atom is 0.257 e. The summed E-state index contributed by atoms with van der Waals surface area (Å²) in [6.45, 7) is 0.481. The van der Waals surface area contributed by atoms with Gasteiger partial charge >= 0.3 is 0 Å². The molecule has 132 valence electrons. The van der Waals surface area contributed by atoms with Crippen molar-refractivity contribution < 1.29 is 23.0 Å². The van der Waals surface area contributed by atoms with Crippen molar-refractivity contribution in [3.8, 4) is 11.5 Å². The van der Waals surface area contributed by atoms with Crippen molar-refractivity contribution in [2.45, 2.75) is 18.9 Å². The van der Waals surface area contributed by atoms with Gasteiger partial charge in [-0.2, -0.15) is 0 Å². The van der Waals surface area contributed by atoms with Gasteiger partial charge < -0.3 is 14.4 Å². The summed E-state index contributed by atoms with van der Waals surface area (Å²) >= 11 is 0. The topological polar surface area (TPSA) is 38.8 Å². The Hall–Kier alpha value is -2.63. The minimum absolute atomic E-state index is 0.251. The summed E-state index contributed by atoms with van der Waals surface area (Å²) in [7, 11) is 3.11. The second kappa shape index (κ2) is 7.09. The van der Waals surface area contributed by atoms with Crippen molar-refractivity contribution in [2.24, 2.45) is 0 Å². The number of rotatable bonds is 4. The number of benzene rings is 2. The van der Waals surface area contributed by atoms with E-state index in [0.717, 1.165) is 36.6 Å². The van der Waals surface area contributed by atoms with Crippen LogP contribution < -0.4 is 9.47 Å². The van der Waals surface area contributed by atoms with E-state index in [1.807, 2.05) is 6.07 Å². The molecule has 0 aliphatic carbocycles. The maximum atomic E-state index is 14.0. The molecule has 1 saturated heterocycles. The third-order valence-corrected chi connectivity index (χ3v) is 4.47. The number of nitrogens with zero attached hydrogens (tertiary/aromatic N) is 1. The highest BCUT2D eigenvalue weighted by Crippen LogP contribution is 2.39. The van der Waals surface area contributed by atoms with Crippen LogP contribution >= 0.6 is 0 Å². The number of hydrogen-bond acceptors (Lipinski definition) is 3. The summed E-state index contributed by atoms with van der Waals surface area (Å²) in [5.74, 6) is -0.630. The number of halogens is 2. The van der Waals surface area contributed by atoms with Gasteiger partial charge in [0, 0.05) is 18.2 Å². The van der Waals surface area contributed by atoms with Crippen LogP contribution in [0, 0.1) is 11.6 Å². The smallest absolute Gasteiger partial charge is 0.257 e. The van der Waals surface area contributed by atoms with Crippen molar-refractivity contribution in [1.29, 1.82) is 0 Å². The van der Waals surface area contributed by atoms with E-state index in [9.17, 15) is 13.6 Å². The Labute approximate surface area is 145 Å². The van der Waals surface area contributed by atoms with Crippen LogP contribution in [0.4, 0.5) is 8.78 Å². The SMILES string of the molecule is COc1ccc(C2CCCN2C(=O)c2cc(F)ccc2F)c(OC)c1. The number of hydrogen-bond donors (Lipinski definition) is 0. The van der Waals surface area contributed by atoms with Crippen molar-refractivity contribution in [1.82, 2.24) is 4.90 Å². The maximum absolute atomic E-state index is 14.0. The number of carbonyl (C=O) groups excluding carboxylic acids is 1. The van der Waals surface area contributed by atoms with E-state index in [0.29, 0.717) is 18.0 Å². The van der Waals surface area contributed by atoms with Crippen molar-refractivity contribution in [3.05, 3.63) is 59.2 Å². The number of ether oxygens (including phenoxy) is 2. The average Bonchev–Trinajstić information content (AvgIpc) is 3.12. The Morgan fingerprint density at radius 3 is 2.64 bits per heavy atom. The highest BCUT2D eigenvalue weighted by atomic mass is 19.1. The molecular formula is C19H19F2NO3. The van der Waals surface area contributed by atoms with Crippen LogP contribution in [0.25, 0.3) is 0 Å². The number of amides is 1. The zero-order valence-corrected chi connectivity index (χ0v) is 14.1. The number of likely N-dealkylation sites (tertiary alicyclic amines) is 1. The molecular weight excluding hydrogens is 328 g/mol. The fourth-order valence-electron chi connectivity index (χ4n) is 3.24. The van der Waals surface area contributed by atoms with Crippen LogP contribution in [-0.2, 0) is 0 Å². The molecule has 1 amide bonds. The minimum Gasteiger partial charge on any atom is -0.497 e. The summed E-state index contributed by atoms with van der Waals surface area (Å²) in [4.78, 5) is 14.4. The lowest BCUT2D eigenvalue weighted by Crippen LogP contribution is -2.31. The lowest BCUT2D eigenvalue weighted by atomic mass is 10.0.